The van der Waals surface area contributed by atoms with Gasteiger partial charge in [-0.1, -0.05) is 43.3 Å². The second kappa shape index (κ2) is 11.5. The first-order chi connectivity index (χ1) is 17.0. The van der Waals surface area contributed by atoms with Crippen LogP contribution in [0.15, 0.2) is 83.8 Å². The third kappa shape index (κ3) is 7.24. The summed E-state index contributed by atoms with van der Waals surface area (Å²) >= 11 is 0. The number of hydrogen-bond acceptors (Lipinski definition) is 5. The summed E-state index contributed by atoms with van der Waals surface area (Å²) in [6, 6.07) is 18.2. The summed E-state index contributed by atoms with van der Waals surface area (Å²) in [5, 5.41) is 0. The zero-order valence-electron chi connectivity index (χ0n) is 19.7. The number of ether oxygens (including phenoxy) is 1. The SMILES string of the molecule is CCC(C)N(Cc1ccc(OS(=O)(=O)c2cccc(C(F)(F)F)c2)cc1)C(=O)COc1ccccc1. The lowest BCUT2D eigenvalue weighted by atomic mass is 10.1. The molecule has 0 saturated heterocycles. The molecule has 3 aromatic rings. The van der Waals surface area contributed by atoms with Crippen molar-refractivity contribution < 1.29 is 35.3 Å². The lowest BCUT2D eigenvalue weighted by Crippen LogP contribution is -2.40. The Morgan fingerprint density at radius 1 is 0.944 bits per heavy atom. The normalized spacial score (nSPS) is 12.6. The highest BCUT2D eigenvalue weighted by Gasteiger charge is 2.32. The van der Waals surface area contributed by atoms with E-state index in [1.807, 2.05) is 32.0 Å². The highest BCUT2D eigenvalue weighted by molar-refractivity contribution is 7.87. The second-order valence-corrected chi connectivity index (χ2v) is 9.63. The number of benzene rings is 3. The molecule has 1 unspecified atom stereocenters. The van der Waals surface area contributed by atoms with Crippen LogP contribution in [0, 0.1) is 0 Å². The fraction of sp³-hybridized carbons (Fsp3) is 0.269. The molecule has 10 heteroatoms. The van der Waals surface area contributed by atoms with Gasteiger partial charge in [0, 0.05) is 12.6 Å². The first-order valence-electron chi connectivity index (χ1n) is 11.2. The predicted molar refractivity (Wildman–Crippen MR) is 128 cm³/mol. The van der Waals surface area contributed by atoms with E-state index in [9.17, 15) is 26.4 Å². The summed E-state index contributed by atoms with van der Waals surface area (Å²) in [5.41, 5.74) is -0.374. The monoisotopic (exact) mass is 521 g/mol. The number of carbonyl (C=O) groups is 1. The van der Waals surface area contributed by atoms with Gasteiger partial charge in [-0.25, -0.2) is 0 Å². The molecule has 0 N–H and O–H groups in total. The van der Waals surface area contributed by atoms with Crippen molar-refractivity contribution in [3.63, 3.8) is 0 Å². The van der Waals surface area contributed by atoms with Gasteiger partial charge in [0.1, 0.15) is 16.4 Å². The third-order valence-corrected chi connectivity index (χ3v) is 6.72. The van der Waals surface area contributed by atoms with E-state index in [1.54, 1.807) is 29.2 Å². The summed E-state index contributed by atoms with van der Waals surface area (Å²) in [7, 11) is -4.48. The average molecular weight is 522 g/mol. The van der Waals surface area contributed by atoms with Crippen molar-refractivity contribution >= 4 is 16.0 Å². The van der Waals surface area contributed by atoms with Crippen LogP contribution in [0.5, 0.6) is 11.5 Å². The Kier molecular flexibility index (Phi) is 8.62. The maximum Gasteiger partial charge on any atom is 0.416 e. The molecule has 1 atom stereocenters. The Hall–Kier alpha value is -3.53. The van der Waals surface area contributed by atoms with Gasteiger partial charge in [0.25, 0.3) is 5.91 Å². The third-order valence-electron chi connectivity index (χ3n) is 5.48. The summed E-state index contributed by atoms with van der Waals surface area (Å²) < 4.78 is 74.4. The van der Waals surface area contributed by atoms with Gasteiger partial charge in [0.05, 0.1) is 5.56 Å². The number of halogens is 3. The van der Waals surface area contributed by atoms with Crippen LogP contribution >= 0.6 is 0 Å². The number of amides is 1. The van der Waals surface area contributed by atoms with Crippen molar-refractivity contribution in [2.75, 3.05) is 6.61 Å². The zero-order chi connectivity index (χ0) is 26.3. The molecular formula is C26H26F3NO5S. The van der Waals surface area contributed by atoms with E-state index in [2.05, 4.69) is 0 Å². The molecule has 0 heterocycles. The molecule has 0 aliphatic rings. The minimum absolute atomic E-state index is 0.0648. The minimum atomic E-state index is -4.68. The van der Waals surface area contributed by atoms with Crippen molar-refractivity contribution in [2.24, 2.45) is 0 Å². The number of para-hydroxylation sites is 1. The van der Waals surface area contributed by atoms with Crippen LogP contribution in [0.2, 0.25) is 0 Å². The smallest absolute Gasteiger partial charge is 0.416 e. The van der Waals surface area contributed by atoms with Crippen LogP contribution in [-0.2, 0) is 27.6 Å². The van der Waals surface area contributed by atoms with E-state index in [0.29, 0.717) is 23.8 Å². The minimum Gasteiger partial charge on any atom is -0.484 e. The molecule has 0 fully saturated rings. The average Bonchev–Trinajstić information content (AvgIpc) is 2.86. The Morgan fingerprint density at radius 2 is 1.61 bits per heavy atom. The van der Waals surface area contributed by atoms with Crippen molar-refractivity contribution in [3.05, 3.63) is 90.0 Å². The maximum absolute atomic E-state index is 12.9. The Balaban J connectivity index is 1.69. The Labute approximate surface area is 208 Å². The molecule has 0 aliphatic heterocycles. The molecule has 0 radical (unpaired) electrons. The van der Waals surface area contributed by atoms with Crippen molar-refractivity contribution in [1.29, 1.82) is 0 Å². The summed E-state index contributed by atoms with van der Waals surface area (Å²) in [6.07, 6.45) is -3.97. The van der Waals surface area contributed by atoms with Gasteiger partial charge >= 0.3 is 16.3 Å². The Bertz CT molecular complexity index is 1260. The fourth-order valence-electron chi connectivity index (χ4n) is 3.30. The quantitative estimate of drug-likeness (QED) is 0.321. The van der Waals surface area contributed by atoms with Gasteiger partial charge < -0.3 is 13.8 Å². The summed E-state index contributed by atoms with van der Waals surface area (Å²) in [6.45, 7) is 4.00. The van der Waals surface area contributed by atoms with E-state index >= 15 is 0 Å². The summed E-state index contributed by atoms with van der Waals surface area (Å²) in [4.78, 5) is 13.9. The lowest BCUT2D eigenvalue weighted by molar-refractivity contribution is -0.138. The highest BCUT2D eigenvalue weighted by atomic mass is 32.2. The topological polar surface area (TPSA) is 72.9 Å². The fourth-order valence-corrected chi connectivity index (χ4v) is 4.28. The van der Waals surface area contributed by atoms with Crippen LogP contribution < -0.4 is 8.92 Å². The number of nitrogens with zero attached hydrogens (tertiary/aromatic N) is 1. The molecule has 3 rings (SSSR count). The van der Waals surface area contributed by atoms with Crippen LogP contribution in [0.25, 0.3) is 0 Å². The van der Waals surface area contributed by atoms with Crippen LogP contribution in [0.1, 0.15) is 31.4 Å². The van der Waals surface area contributed by atoms with E-state index in [4.69, 9.17) is 8.92 Å². The van der Waals surface area contributed by atoms with E-state index in [1.165, 1.54) is 12.1 Å². The number of alkyl halides is 3. The first-order valence-corrected chi connectivity index (χ1v) is 12.6. The zero-order valence-corrected chi connectivity index (χ0v) is 20.6. The number of hydrogen-bond donors (Lipinski definition) is 0. The van der Waals surface area contributed by atoms with Crippen LogP contribution in [0.3, 0.4) is 0 Å². The van der Waals surface area contributed by atoms with E-state index in [-0.39, 0.29) is 30.9 Å². The van der Waals surface area contributed by atoms with Crippen molar-refractivity contribution in [2.45, 2.75) is 43.9 Å². The Morgan fingerprint density at radius 3 is 2.22 bits per heavy atom. The largest absolute Gasteiger partial charge is 0.484 e. The molecule has 3 aromatic carbocycles. The standard InChI is InChI=1S/C26H26F3NO5S/c1-3-19(2)30(25(31)18-34-22-9-5-4-6-10-22)17-20-12-14-23(15-13-20)35-36(32,33)24-11-7-8-21(16-24)26(27,28)29/h4-16,19H,3,17-18H2,1-2H3. The van der Waals surface area contributed by atoms with E-state index in [0.717, 1.165) is 18.2 Å². The van der Waals surface area contributed by atoms with Crippen molar-refractivity contribution in [1.82, 2.24) is 4.90 Å². The maximum atomic E-state index is 12.9. The molecule has 0 aliphatic carbocycles. The molecule has 1 amide bonds. The second-order valence-electron chi connectivity index (χ2n) is 8.09. The van der Waals surface area contributed by atoms with Crippen LogP contribution in [0.4, 0.5) is 13.2 Å². The number of carbonyl (C=O) groups excluding carboxylic acids is 1. The molecule has 192 valence electrons. The molecule has 0 saturated carbocycles. The molecule has 0 aromatic heterocycles. The van der Waals surface area contributed by atoms with Gasteiger partial charge in [-0.15, -0.1) is 0 Å². The molecule has 6 nitrogen and oxygen atoms in total. The molecular weight excluding hydrogens is 495 g/mol. The van der Waals surface area contributed by atoms with Crippen molar-refractivity contribution in [3.8, 4) is 11.5 Å². The van der Waals surface area contributed by atoms with E-state index < -0.39 is 26.8 Å². The molecule has 0 bridgehead atoms. The van der Waals surface area contributed by atoms with Crippen LogP contribution in [-0.4, -0.2) is 31.9 Å². The first kappa shape index (κ1) is 27.1. The van der Waals surface area contributed by atoms with Gasteiger partial charge in [0.15, 0.2) is 6.61 Å². The molecule has 0 spiro atoms. The number of rotatable bonds is 10. The predicted octanol–water partition coefficient (Wildman–Crippen LogP) is 5.68. The molecule has 36 heavy (non-hydrogen) atoms. The van der Waals surface area contributed by atoms with Gasteiger partial charge in [-0.3, -0.25) is 4.79 Å². The van der Waals surface area contributed by atoms with Gasteiger partial charge in [-0.2, -0.15) is 21.6 Å². The lowest BCUT2D eigenvalue weighted by Gasteiger charge is -2.29. The highest BCUT2D eigenvalue weighted by Crippen LogP contribution is 2.31. The summed E-state index contributed by atoms with van der Waals surface area (Å²) in [5.74, 6) is 0.309. The van der Waals surface area contributed by atoms with Gasteiger partial charge in [-0.05, 0) is 61.4 Å². The van der Waals surface area contributed by atoms with Gasteiger partial charge in [0.2, 0.25) is 0 Å².